The van der Waals surface area contributed by atoms with Gasteiger partial charge in [0, 0.05) is 20.1 Å². The summed E-state index contributed by atoms with van der Waals surface area (Å²) in [7, 11) is -1.24. The Morgan fingerprint density at radius 3 is 2.20 bits per heavy atom. The summed E-state index contributed by atoms with van der Waals surface area (Å²) in [6, 6.07) is 0. The van der Waals surface area contributed by atoms with Gasteiger partial charge in [0.05, 0.1) is 20.1 Å². The molecule has 0 aromatic heterocycles. The zero-order valence-electron chi connectivity index (χ0n) is 12.3. The van der Waals surface area contributed by atoms with E-state index in [0.717, 1.165) is 8.61 Å². The van der Waals surface area contributed by atoms with Crippen molar-refractivity contribution in [2.24, 2.45) is 0 Å². The van der Waals surface area contributed by atoms with Gasteiger partial charge in [-0.25, -0.2) is 0 Å². The summed E-state index contributed by atoms with van der Waals surface area (Å²) >= 11 is 0. The second-order valence-electron chi connectivity index (χ2n) is 3.89. The van der Waals surface area contributed by atoms with E-state index in [2.05, 4.69) is 4.74 Å². The smallest absolute Gasteiger partial charge is 0.321 e. The number of carbonyl (C=O) groups excluding carboxylic acids is 2. The summed E-state index contributed by atoms with van der Waals surface area (Å²) in [5, 5.41) is 0. The fourth-order valence-electron chi connectivity index (χ4n) is 1.37. The SMILES string of the molecule is CCOC(=O)CN(CC)S(=O)(=O)N(C)CCC(=O)OC. The van der Waals surface area contributed by atoms with E-state index in [9.17, 15) is 18.0 Å². The van der Waals surface area contributed by atoms with Gasteiger partial charge in [-0.15, -0.1) is 0 Å². The van der Waals surface area contributed by atoms with Crippen LogP contribution in [0.4, 0.5) is 0 Å². The van der Waals surface area contributed by atoms with Crippen LogP contribution >= 0.6 is 0 Å². The van der Waals surface area contributed by atoms with Crippen LogP contribution in [0.2, 0.25) is 0 Å². The predicted octanol–water partition coefficient (Wildman–Crippen LogP) is -0.389. The number of esters is 2. The third-order valence-electron chi connectivity index (χ3n) is 2.54. The van der Waals surface area contributed by atoms with Crippen molar-refractivity contribution in [3.8, 4) is 0 Å². The molecular formula is C11H22N2O6S. The van der Waals surface area contributed by atoms with E-state index in [0.29, 0.717) is 0 Å². The van der Waals surface area contributed by atoms with Gasteiger partial charge in [-0.1, -0.05) is 6.92 Å². The number of hydrogen-bond acceptors (Lipinski definition) is 6. The van der Waals surface area contributed by atoms with Crippen molar-refractivity contribution < 1.29 is 27.5 Å². The van der Waals surface area contributed by atoms with Crippen molar-refractivity contribution in [1.29, 1.82) is 0 Å². The first-order valence-corrected chi connectivity index (χ1v) is 7.63. The minimum Gasteiger partial charge on any atom is -0.469 e. The molecule has 0 aliphatic carbocycles. The van der Waals surface area contributed by atoms with Gasteiger partial charge in [0.15, 0.2) is 0 Å². The van der Waals surface area contributed by atoms with Crippen LogP contribution in [-0.2, 0) is 29.3 Å². The van der Waals surface area contributed by atoms with Crippen LogP contribution in [0.15, 0.2) is 0 Å². The normalized spacial score (nSPS) is 11.7. The van der Waals surface area contributed by atoms with Gasteiger partial charge in [-0.3, -0.25) is 9.59 Å². The molecule has 0 fully saturated rings. The maximum atomic E-state index is 12.2. The molecule has 8 nitrogen and oxygen atoms in total. The first kappa shape index (κ1) is 18.8. The number of carbonyl (C=O) groups is 2. The monoisotopic (exact) mass is 310 g/mol. The van der Waals surface area contributed by atoms with Crippen LogP contribution in [0.5, 0.6) is 0 Å². The lowest BCUT2D eigenvalue weighted by Gasteiger charge is -2.25. The standard InChI is InChI=1S/C11H22N2O6S/c1-5-13(9-11(15)19-6-2)20(16,17)12(3)8-7-10(14)18-4/h5-9H2,1-4H3. The van der Waals surface area contributed by atoms with Crippen molar-refractivity contribution in [3.05, 3.63) is 0 Å². The molecule has 20 heavy (non-hydrogen) atoms. The molecule has 0 N–H and O–H groups in total. The molecule has 0 heterocycles. The minimum absolute atomic E-state index is 0.0195. The Balaban J connectivity index is 4.71. The highest BCUT2D eigenvalue weighted by molar-refractivity contribution is 7.86. The maximum Gasteiger partial charge on any atom is 0.321 e. The fourth-order valence-corrected chi connectivity index (χ4v) is 2.68. The average molecular weight is 310 g/mol. The largest absolute Gasteiger partial charge is 0.469 e. The second-order valence-corrected chi connectivity index (χ2v) is 5.92. The maximum absolute atomic E-state index is 12.2. The summed E-state index contributed by atoms with van der Waals surface area (Å²) in [4.78, 5) is 22.4. The van der Waals surface area contributed by atoms with Crippen molar-refractivity contribution in [2.75, 3.05) is 40.4 Å². The third-order valence-corrected chi connectivity index (χ3v) is 4.55. The molecule has 0 amide bonds. The van der Waals surface area contributed by atoms with E-state index in [1.54, 1.807) is 13.8 Å². The van der Waals surface area contributed by atoms with E-state index in [1.807, 2.05) is 0 Å². The number of rotatable bonds is 9. The lowest BCUT2D eigenvalue weighted by molar-refractivity contribution is -0.143. The Morgan fingerprint density at radius 2 is 1.75 bits per heavy atom. The molecule has 9 heteroatoms. The Labute approximate surface area is 119 Å². The van der Waals surface area contributed by atoms with Gasteiger partial charge in [0.25, 0.3) is 10.2 Å². The number of hydrogen-bond donors (Lipinski definition) is 0. The highest BCUT2D eigenvalue weighted by Crippen LogP contribution is 2.07. The molecule has 0 aliphatic rings. The highest BCUT2D eigenvalue weighted by Gasteiger charge is 2.28. The van der Waals surface area contributed by atoms with Gasteiger partial charge >= 0.3 is 11.9 Å². The quantitative estimate of drug-likeness (QED) is 0.539. The van der Waals surface area contributed by atoms with Gasteiger partial charge in [-0.05, 0) is 6.92 Å². The minimum atomic E-state index is -3.81. The number of ether oxygens (including phenoxy) is 2. The fraction of sp³-hybridized carbons (Fsp3) is 0.818. The third kappa shape index (κ3) is 5.85. The van der Waals surface area contributed by atoms with Crippen molar-refractivity contribution >= 4 is 22.1 Å². The summed E-state index contributed by atoms with van der Waals surface area (Å²) in [5.41, 5.74) is 0. The molecule has 0 spiro atoms. The van der Waals surface area contributed by atoms with Crippen LogP contribution in [0.3, 0.4) is 0 Å². The predicted molar refractivity (Wildman–Crippen MR) is 72.1 cm³/mol. The molecule has 0 bridgehead atoms. The molecule has 0 aromatic rings. The van der Waals surface area contributed by atoms with E-state index in [-0.39, 0.29) is 32.7 Å². The summed E-state index contributed by atoms with van der Waals surface area (Å²) < 4.78 is 35.6. The lowest BCUT2D eigenvalue weighted by Crippen LogP contribution is -2.45. The zero-order chi connectivity index (χ0) is 15.8. The molecule has 0 aliphatic heterocycles. The highest BCUT2D eigenvalue weighted by atomic mass is 32.2. The van der Waals surface area contributed by atoms with E-state index in [4.69, 9.17) is 4.74 Å². The van der Waals surface area contributed by atoms with Crippen molar-refractivity contribution in [1.82, 2.24) is 8.61 Å². The van der Waals surface area contributed by atoms with Crippen LogP contribution in [-0.4, -0.2) is 69.4 Å². The molecule has 0 unspecified atom stereocenters. The van der Waals surface area contributed by atoms with Crippen LogP contribution in [0, 0.1) is 0 Å². The molecule has 0 saturated heterocycles. The molecule has 118 valence electrons. The molecule has 0 radical (unpaired) electrons. The van der Waals surface area contributed by atoms with Gasteiger partial charge in [-0.2, -0.15) is 17.0 Å². The second kappa shape index (κ2) is 8.88. The first-order chi connectivity index (χ1) is 9.29. The molecule has 0 atom stereocenters. The molecule has 0 rings (SSSR count). The first-order valence-electron chi connectivity index (χ1n) is 6.23. The van der Waals surface area contributed by atoms with E-state index < -0.39 is 22.1 Å². The number of likely N-dealkylation sites (N-methyl/N-ethyl adjacent to an activating group) is 1. The molecule has 0 saturated carbocycles. The van der Waals surface area contributed by atoms with E-state index in [1.165, 1.54) is 14.2 Å². The van der Waals surface area contributed by atoms with Gasteiger partial charge in [0.2, 0.25) is 0 Å². The Bertz CT molecular complexity index is 423. The van der Waals surface area contributed by atoms with Crippen LogP contribution in [0.25, 0.3) is 0 Å². The zero-order valence-corrected chi connectivity index (χ0v) is 13.1. The van der Waals surface area contributed by atoms with Crippen molar-refractivity contribution in [3.63, 3.8) is 0 Å². The van der Waals surface area contributed by atoms with Crippen LogP contribution < -0.4 is 0 Å². The average Bonchev–Trinajstić information content (AvgIpc) is 2.41. The Morgan fingerprint density at radius 1 is 1.15 bits per heavy atom. The summed E-state index contributed by atoms with van der Waals surface area (Å²) in [6.07, 6.45) is -0.0524. The van der Waals surface area contributed by atoms with Gasteiger partial charge in [0.1, 0.15) is 6.54 Å². The number of methoxy groups -OCH3 is 1. The Hall–Kier alpha value is -1.19. The van der Waals surface area contributed by atoms with E-state index >= 15 is 0 Å². The summed E-state index contributed by atoms with van der Waals surface area (Å²) in [6.45, 7) is 3.21. The lowest BCUT2D eigenvalue weighted by atomic mass is 10.4. The summed E-state index contributed by atoms with van der Waals surface area (Å²) in [5.74, 6) is -1.11. The van der Waals surface area contributed by atoms with Gasteiger partial charge < -0.3 is 9.47 Å². The number of nitrogens with zero attached hydrogens (tertiary/aromatic N) is 2. The molecular weight excluding hydrogens is 288 g/mol. The van der Waals surface area contributed by atoms with Crippen molar-refractivity contribution in [2.45, 2.75) is 20.3 Å². The topological polar surface area (TPSA) is 93.2 Å². The molecule has 0 aromatic carbocycles. The van der Waals surface area contributed by atoms with Crippen LogP contribution in [0.1, 0.15) is 20.3 Å². The Kier molecular flexibility index (Phi) is 8.35.